The predicted molar refractivity (Wildman–Crippen MR) is 182 cm³/mol. The third-order valence-electron chi connectivity index (χ3n) is 13.9. The number of unbranched alkanes of at least 4 members (excludes halogenated alkanes) is 5. The van der Waals surface area contributed by atoms with Crippen LogP contribution < -0.4 is 16.4 Å². The maximum Gasteiger partial charge on any atom is 0.306 e. The number of carbonyl (C=O) groups is 1. The summed E-state index contributed by atoms with van der Waals surface area (Å²) in [5.74, 6) is 2.90. The number of nitrogens with one attached hydrogen (secondary N) is 2. The molecule has 0 saturated heterocycles. The van der Waals surface area contributed by atoms with Crippen LogP contribution in [0.3, 0.4) is 0 Å². The van der Waals surface area contributed by atoms with Gasteiger partial charge in [-0.25, -0.2) is 0 Å². The Morgan fingerprint density at radius 2 is 1.50 bits per heavy atom. The second-order valence-electron chi connectivity index (χ2n) is 16.6. The van der Waals surface area contributed by atoms with Crippen molar-refractivity contribution < 1.29 is 15.0 Å². The van der Waals surface area contributed by atoms with Gasteiger partial charge in [-0.3, -0.25) is 4.79 Å². The van der Waals surface area contributed by atoms with E-state index in [2.05, 4.69) is 31.4 Å². The molecule has 0 spiro atoms. The summed E-state index contributed by atoms with van der Waals surface area (Å²) in [5, 5.41) is 28.6. The SMILES string of the molecule is CC(CCC[C@@H](C)[C@H]1CCC2C3C(O)C[C@H]4C[C@@H](NCCCNCCCCCCCCN)CC[C@]4(C)C3CC[C@@]21C)C(=O)O. The lowest BCUT2D eigenvalue weighted by Crippen LogP contribution is -2.59. The maximum absolute atomic E-state index is 11.8. The molecule has 0 aliphatic heterocycles. The Morgan fingerprint density at radius 3 is 2.25 bits per heavy atom. The van der Waals surface area contributed by atoms with Gasteiger partial charge in [0.05, 0.1) is 12.0 Å². The number of carboxylic acids is 1. The highest BCUT2D eigenvalue weighted by molar-refractivity contribution is 5.69. The minimum atomic E-state index is -0.661. The summed E-state index contributed by atoms with van der Waals surface area (Å²) in [6.45, 7) is 13.7. The highest BCUT2D eigenvalue weighted by Crippen LogP contribution is 2.68. The molecule has 11 atom stereocenters. The molecule has 6 heteroatoms. The highest BCUT2D eigenvalue weighted by Gasteiger charge is 2.62. The van der Waals surface area contributed by atoms with Crippen molar-refractivity contribution in [3.05, 3.63) is 0 Å². The third kappa shape index (κ3) is 8.61. The summed E-state index contributed by atoms with van der Waals surface area (Å²) in [6, 6.07) is 0.611. The van der Waals surface area contributed by atoms with Crippen molar-refractivity contribution in [3.8, 4) is 0 Å². The van der Waals surface area contributed by atoms with Gasteiger partial charge < -0.3 is 26.6 Å². The molecule has 4 rings (SSSR count). The Labute approximate surface area is 270 Å². The second-order valence-corrected chi connectivity index (χ2v) is 16.6. The molecule has 0 bridgehead atoms. The first-order valence-electron chi connectivity index (χ1n) is 19.2. The molecular formula is C38H71N3O3. The number of hydrogen-bond donors (Lipinski definition) is 5. The fourth-order valence-corrected chi connectivity index (χ4v) is 11.2. The van der Waals surface area contributed by atoms with Gasteiger partial charge in [-0.15, -0.1) is 0 Å². The molecule has 4 saturated carbocycles. The Balaban J connectivity index is 1.20. The van der Waals surface area contributed by atoms with E-state index in [0.29, 0.717) is 52.4 Å². The predicted octanol–water partition coefficient (Wildman–Crippen LogP) is 7.38. The van der Waals surface area contributed by atoms with Gasteiger partial charge in [0.15, 0.2) is 0 Å². The molecule has 0 aromatic rings. The number of fused-ring (bicyclic) bond motifs is 5. The zero-order valence-electron chi connectivity index (χ0n) is 29.1. The summed E-state index contributed by atoms with van der Waals surface area (Å²) in [7, 11) is 0. The van der Waals surface area contributed by atoms with Crippen molar-refractivity contribution in [2.45, 2.75) is 155 Å². The maximum atomic E-state index is 11.8. The molecule has 0 aromatic heterocycles. The summed E-state index contributed by atoms with van der Waals surface area (Å²) in [4.78, 5) is 11.3. The fraction of sp³-hybridized carbons (Fsp3) is 0.974. The molecule has 5 unspecified atom stereocenters. The molecule has 0 radical (unpaired) electrons. The smallest absolute Gasteiger partial charge is 0.306 e. The lowest BCUT2D eigenvalue weighted by Gasteiger charge is -2.62. The highest BCUT2D eigenvalue weighted by atomic mass is 16.4. The minimum absolute atomic E-state index is 0.142. The minimum Gasteiger partial charge on any atom is -0.481 e. The van der Waals surface area contributed by atoms with Gasteiger partial charge in [-0.05, 0) is 150 Å². The zero-order chi connectivity index (χ0) is 31.7. The molecule has 4 aliphatic carbocycles. The van der Waals surface area contributed by atoms with Gasteiger partial charge >= 0.3 is 5.97 Å². The topological polar surface area (TPSA) is 108 Å². The largest absolute Gasteiger partial charge is 0.481 e. The van der Waals surface area contributed by atoms with Gasteiger partial charge in [-0.2, -0.15) is 0 Å². The van der Waals surface area contributed by atoms with Crippen LogP contribution in [0.2, 0.25) is 0 Å². The van der Waals surface area contributed by atoms with E-state index in [1.54, 1.807) is 0 Å². The standard InChI is InChI=1S/C38H71N3O3/c1-27(13-11-14-28(2)36(43)44)31-15-16-32-35-33(18-20-38(31,32)4)37(3)19-17-30(25-29(37)26-34(35)42)41-24-12-23-40-22-10-8-6-5-7-9-21-39/h27-35,40-42H,5-26,39H2,1-4H3,(H,43,44)/t27-,28?,29-,30+,31-,32?,33?,34?,35?,37+,38-/m1/s1. The van der Waals surface area contributed by atoms with E-state index in [4.69, 9.17) is 5.73 Å². The van der Waals surface area contributed by atoms with Crippen LogP contribution in [0.1, 0.15) is 143 Å². The third-order valence-corrected chi connectivity index (χ3v) is 13.9. The van der Waals surface area contributed by atoms with Crippen LogP contribution in [-0.4, -0.2) is 54.5 Å². The van der Waals surface area contributed by atoms with Gasteiger partial charge in [0.25, 0.3) is 0 Å². The molecule has 0 aromatic carbocycles. The van der Waals surface area contributed by atoms with Crippen LogP contribution in [0.15, 0.2) is 0 Å². The van der Waals surface area contributed by atoms with E-state index in [1.807, 2.05) is 6.92 Å². The van der Waals surface area contributed by atoms with E-state index in [1.165, 1.54) is 89.9 Å². The molecule has 6 nitrogen and oxygen atoms in total. The number of carboxylic acid groups (broad SMARTS) is 1. The van der Waals surface area contributed by atoms with Crippen LogP contribution in [0.25, 0.3) is 0 Å². The normalized spacial score (nSPS) is 38.0. The van der Waals surface area contributed by atoms with Gasteiger partial charge in [0.1, 0.15) is 0 Å². The molecule has 0 amide bonds. The van der Waals surface area contributed by atoms with Crippen molar-refractivity contribution >= 4 is 5.97 Å². The molecule has 44 heavy (non-hydrogen) atoms. The summed E-state index contributed by atoms with van der Waals surface area (Å²) in [5.41, 5.74) is 6.29. The van der Waals surface area contributed by atoms with Gasteiger partial charge in [0.2, 0.25) is 0 Å². The van der Waals surface area contributed by atoms with Crippen molar-refractivity contribution in [2.75, 3.05) is 26.2 Å². The Kier molecular flexibility index (Phi) is 13.9. The van der Waals surface area contributed by atoms with Crippen molar-refractivity contribution in [2.24, 2.45) is 58.0 Å². The van der Waals surface area contributed by atoms with Crippen molar-refractivity contribution in [1.82, 2.24) is 10.6 Å². The van der Waals surface area contributed by atoms with Crippen LogP contribution in [-0.2, 0) is 4.79 Å². The number of aliphatic hydroxyl groups excluding tert-OH is 1. The Morgan fingerprint density at radius 1 is 0.818 bits per heavy atom. The van der Waals surface area contributed by atoms with E-state index in [0.717, 1.165) is 51.9 Å². The molecule has 256 valence electrons. The van der Waals surface area contributed by atoms with E-state index in [9.17, 15) is 15.0 Å². The quantitative estimate of drug-likeness (QED) is 0.0968. The molecule has 6 N–H and O–H groups in total. The number of aliphatic carboxylic acids is 1. The first-order valence-corrected chi connectivity index (χ1v) is 19.2. The second kappa shape index (κ2) is 16.9. The first-order chi connectivity index (χ1) is 21.1. The fourth-order valence-electron chi connectivity index (χ4n) is 11.2. The van der Waals surface area contributed by atoms with Crippen LogP contribution in [0.5, 0.6) is 0 Å². The number of aliphatic hydroxyl groups is 1. The summed E-state index contributed by atoms with van der Waals surface area (Å²) < 4.78 is 0. The summed E-state index contributed by atoms with van der Waals surface area (Å²) in [6.07, 6.45) is 21.8. The zero-order valence-corrected chi connectivity index (χ0v) is 29.1. The van der Waals surface area contributed by atoms with Crippen LogP contribution in [0.4, 0.5) is 0 Å². The van der Waals surface area contributed by atoms with E-state index < -0.39 is 5.97 Å². The monoisotopic (exact) mass is 618 g/mol. The Hall–Kier alpha value is -0.690. The van der Waals surface area contributed by atoms with Gasteiger partial charge in [0, 0.05) is 6.04 Å². The lowest BCUT2D eigenvalue weighted by molar-refractivity contribution is -0.167. The molecule has 4 aliphatic rings. The van der Waals surface area contributed by atoms with E-state index in [-0.39, 0.29) is 12.0 Å². The van der Waals surface area contributed by atoms with Crippen molar-refractivity contribution in [1.29, 1.82) is 0 Å². The Bertz CT molecular complexity index is 870. The number of nitrogens with two attached hydrogens (primary N) is 1. The first kappa shape index (κ1) is 36.2. The average molecular weight is 618 g/mol. The van der Waals surface area contributed by atoms with Crippen molar-refractivity contribution in [3.63, 3.8) is 0 Å². The number of hydrogen-bond acceptors (Lipinski definition) is 5. The van der Waals surface area contributed by atoms with Crippen LogP contribution >= 0.6 is 0 Å². The lowest BCUT2D eigenvalue weighted by atomic mass is 9.43. The number of rotatable bonds is 19. The molecule has 4 fully saturated rings. The van der Waals surface area contributed by atoms with Gasteiger partial charge in [-0.1, -0.05) is 66.2 Å². The molecular weight excluding hydrogens is 546 g/mol. The molecule has 0 heterocycles. The average Bonchev–Trinajstić information content (AvgIpc) is 3.35. The summed E-state index contributed by atoms with van der Waals surface area (Å²) >= 11 is 0. The van der Waals surface area contributed by atoms with Crippen LogP contribution in [0, 0.1) is 52.3 Å². The van der Waals surface area contributed by atoms with E-state index >= 15 is 0 Å².